The molecule has 1 aromatic rings. The maximum absolute atomic E-state index is 15.0. The first-order valence-electron chi connectivity index (χ1n) is 12.4. The first-order chi connectivity index (χ1) is 15.5. The smallest absolute Gasteiger partial charge is 0.219 e. The van der Waals surface area contributed by atoms with E-state index in [-0.39, 0.29) is 17.3 Å². The molecule has 1 aromatic carbocycles. The Kier molecular flexibility index (Phi) is 7.51. The minimum Gasteiger partial charge on any atom is -0.508 e. The van der Waals surface area contributed by atoms with Gasteiger partial charge in [0.25, 0.3) is 0 Å². The van der Waals surface area contributed by atoms with Gasteiger partial charge < -0.3 is 15.3 Å². The quantitative estimate of drug-likeness (QED) is 0.672. The van der Waals surface area contributed by atoms with Gasteiger partial charge in [0.05, 0.1) is 0 Å². The molecule has 0 unspecified atom stereocenters. The lowest BCUT2D eigenvalue weighted by Gasteiger charge is -2.35. The van der Waals surface area contributed by atoms with Crippen molar-refractivity contribution in [3.8, 4) is 5.75 Å². The Morgan fingerprint density at radius 2 is 1.78 bits per heavy atom. The molecule has 1 amide bonds. The molecule has 0 spiro atoms. The monoisotopic (exact) mass is 443 g/mol. The van der Waals surface area contributed by atoms with Crippen LogP contribution in [0.4, 0.5) is 4.39 Å². The Morgan fingerprint density at radius 1 is 1.06 bits per heavy atom. The molecule has 2 N–H and O–H groups in total. The Hall–Kier alpha value is -1.92. The van der Waals surface area contributed by atoms with E-state index < -0.39 is 0 Å². The van der Waals surface area contributed by atoms with Gasteiger partial charge in [-0.3, -0.25) is 9.69 Å². The van der Waals surface area contributed by atoms with Crippen molar-refractivity contribution in [3.63, 3.8) is 0 Å². The largest absolute Gasteiger partial charge is 0.508 e. The average molecular weight is 444 g/mol. The van der Waals surface area contributed by atoms with Crippen molar-refractivity contribution in [3.05, 3.63) is 40.7 Å². The number of aromatic hydroxyl groups is 1. The molecule has 0 radical (unpaired) electrons. The van der Waals surface area contributed by atoms with E-state index in [4.69, 9.17) is 0 Å². The summed E-state index contributed by atoms with van der Waals surface area (Å²) in [5, 5.41) is 14.2. The summed E-state index contributed by atoms with van der Waals surface area (Å²) in [6.07, 6.45) is 8.98. The number of carbonyl (C=O) groups is 1. The third-order valence-electron chi connectivity index (χ3n) is 7.67. The summed E-state index contributed by atoms with van der Waals surface area (Å²) < 4.78 is 15.0. The zero-order valence-corrected chi connectivity index (χ0v) is 19.5. The molecule has 6 heteroatoms. The Morgan fingerprint density at radius 3 is 2.50 bits per heavy atom. The number of hydrogen-bond donors (Lipinski definition) is 2. The maximum Gasteiger partial charge on any atom is 0.219 e. The van der Waals surface area contributed by atoms with E-state index in [1.54, 1.807) is 13.0 Å². The number of halogens is 1. The first kappa shape index (κ1) is 23.2. The highest BCUT2D eigenvalue weighted by atomic mass is 19.1. The van der Waals surface area contributed by atoms with E-state index >= 15 is 0 Å². The fourth-order valence-electron chi connectivity index (χ4n) is 5.72. The fourth-order valence-corrected chi connectivity index (χ4v) is 5.72. The highest BCUT2D eigenvalue weighted by Crippen LogP contribution is 2.42. The van der Waals surface area contributed by atoms with Crippen LogP contribution in [0.5, 0.6) is 5.75 Å². The van der Waals surface area contributed by atoms with Crippen LogP contribution in [0, 0.1) is 0 Å². The third-order valence-corrected chi connectivity index (χ3v) is 7.67. The van der Waals surface area contributed by atoms with Gasteiger partial charge in [-0.2, -0.15) is 0 Å². The van der Waals surface area contributed by atoms with E-state index in [2.05, 4.69) is 16.3 Å². The topological polar surface area (TPSA) is 55.8 Å². The third kappa shape index (κ3) is 5.34. The van der Waals surface area contributed by atoms with Crippen LogP contribution in [0.1, 0.15) is 75.8 Å². The van der Waals surface area contributed by atoms with Gasteiger partial charge in [0.2, 0.25) is 5.91 Å². The Balaban J connectivity index is 1.42. The van der Waals surface area contributed by atoms with Crippen molar-refractivity contribution in [2.24, 2.45) is 0 Å². The van der Waals surface area contributed by atoms with Crippen molar-refractivity contribution < 1.29 is 14.3 Å². The first-order valence-corrected chi connectivity index (χ1v) is 12.4. The molecule has 1 saturated heterocycles. The Bertz CT molecular complexity index is 839. The number of carbonyl (C=O) groups excluding carboxylic acids is 1. The van der Waals surface area contributed by atoms with Crippen molar-refractivity contribution in [1.29, 1.82) is 0 Å². The van der Waals surface area contributed by atoms with Gasteiger partial charge in [-0.1, -0.05) is 25.3 Å². The van der Waals surface area contributed by atoms with Crippen LogP contribution in [0.2, 0.25) is 0 Å². The van der Waals surface area contributed by atoms with Crippen LogP contribution in [-0.2, 0) is 17.9 Å². The second-order valence-electron chi connectivity index (χ2n) is 9.83. The summed E-state index contributed by atoms with van der Waals surface area (Å²) in [5.41, 5.74) is 2.88. The molecule has 32 heavy (non-hydrogen) atoms. The molecule has 4 rings (SSSR count). The lowest BCUT2D eigenvalue weighted by atomic mass is 9.84. The second kappa shape index (κ2) is 10.3. The molecule has 176 valence electrons. The molecule has 1 saturated carbocycles. The fraction of sp³-hybridized carbons (Fsp3) is 0.654. The zero-order valence-electron chi connectivity index (χ0n) is 19.5. The maximum atomic E-state index is 15.0. The molecule has 5 nitrogen and oxygen atoms in total. The highest BCUT2D eigenvalue weighted by Gasteiger charge is 2.39. The number of nitrogens with one attached hydrogen (secondary N) is 1. The zero-order chi connectivity index (χ0) is 22.6. The number of hydrogen-bond acceptors (Lipinski definition) is 4. The lowest BCUT2D eigenvalue weighted by Crippen LogP contribution is -2.47. The predicted molar refractivity (Wildman–Crippen MR) is 125 cm³/mol. The number of amides is 1. The second-order valence-corrected chi connectivity index (χ2v) is 9.83. The number of benzene rings is 1. The minimum absolute atomic E-state index is 0.127. The molecule has 1 heterocycles. The van der Waals surface area contributed by atoms with Crippen LogP contribution in [0.15, 0.2) is 29.6 Å². The molecule has 1 aliphatic heterocycles. The van der Waals surface area contributed by atoms with Crippen molar-refractivity contribution in [2.75, 3.05) is 26.2 Å². The standard InChI is InChI=1S/C26H38FN3O2/c1-20(31)30-15-13-29(14-16-30)19-22-17-21(9-10-25(22)32)18-28-26(11-5-6-12-26)23-7-3-2-4-8-24(23)27/h9-10,17,28,32H,2-8,11-16,18-19H2,1H3. The van der Waals surface area contributed by atoms with Gasteiger partial charge in [-0.15, -0.1) is 0 Å². The number of phenols is 1. The summed E-state index contributed by atoms with van der Waals surface area (Å²) in [6.45, 7) is 6.09. The van der Waals surface area contributed by atoms with Crippen molar-refractivity contribution in [2.45, 2.75) is 83.3 Å². The summed E-state index contributed by atoms with van der Waals surface area (Å²) in [4.78, 5) is 15.7. The number of piperazine rings is 1. The molecule has 3 aliphatic rings. The van der Waals surface area contributed by atoms with Crippen LogP contribution >= 0.6 is 0 Å². The molecular weight excluding hydrogens is 405 g/mol. The van der Waals surface area contributed by atoms with Gasteiger partial charge in [0, 0.05) is 57.3 Å². The lowest BCUT2D eigenvalue weighted by molar-refractivity contribution is -0.130. The number of allylic oxidation sites excluding steroid dienone is 1. The molecule has 0 aromatic heterocycles. The van der Waals surface area contributed by atoms with Crippen LogP contribution < -0.4 is 5.32 Å². The van der Waals surface area contributed by atoms with Crippen LogP contribution in [-0.4, -0.2) is 52.5 Å². The van der Waals surface area contributed by atoms with Gasteiger partial charge in [-0.05, 0) is 61.8 Å². The van der Waals surface area contributed by atoms with E-state index in [1.807, 2.05) is 11.0 Å². The highest BCUT2D eigenvalue weighted by molar-refractivity contribution is 5.73. The molecule has 2 fully saturated rings. The van der Waals surface area contributed by atoms with Crippen molar-refractivity contribution in [1.82, 2.24) is 15.1 Å². The van der Waals surface area contributed by atoms with Gasteiger partial charge in [-0.25, -0.2) is 4.39 Å². The average Bonchev–Trinajstić information content (AvgIpc) is 3.16. The summed E-state index contributed by atoms with van der Waals surface area (Å²) >= 11 is 0. The number of rotatable bonds is 6. The molecular formula is C26H38FN3O2. The van der Waals surface area contributed by atoms with Crippen molar-refractivity contribution >= 4 is 5.91 Å². The summed E-state index contributed by atoms with van der Waals surface area (Å²) in [5.74, 6) is 0.575. The van der Waals surface area contributed by atoms with Crippen LogP contribution in [0.25, 0.3) is 0 Å². The van der Waals surface area contributed by atoms with Crippen LogP contribution in [0.3, 0.4) is 0 Å². The molecule has 0 bridgehead atoms. The normalized spacial score (nSPS) is 22.2. The van der Waals surface area contributed by atoms with E-state index in [9.17, 15) is 14.3 Å². The van der Waals surface area contributed by atoms with E-state index in [0.29, 0.717) is 25.3 Å². The Labute approximate surface area is 191 Å². The predicted octanol–water partition coefficient (Wildman–Crippen LogP) is 4.65. The van der Waals surface area contributed by atoms with Gasteiger partial charge >= 0.3 is 0 Å². The molecule has 0 atom stereocenters. The number of phenolic OH excluding ortho intramolecular Hbond substituents is 1. The minimum atomic E-state index is -0.199. The van der Waals surface area contributed by atoms with E-state index in [1.165, 1.54) is 0 Å². The summed E-state index contributed by atoms with van der Waals surface area (Å²) in [6, 6.07) is 5.84. The number of nitrogens with zero attached hydrogens (tertiary/aromatic N) is 2. The summed E-state index contributed by atoms with van der Waals surface area (Å²) in [7, 11) is 0. The van der Waals surface area contributed by atoms with Gasteiger partial charge in [0.1, 0.15) is 11.6 Å². The molecule has 2 aliphatic carbocycles. The van der Waals surface area contributed by atoms with Gasteiger partial charge in [0.15, 0.2) is 0 Å². The SMILES string of the molecule is CC(=O)N1CCN(Cc2cc(CNC3(C4=C(F)CCCCC4)CCCC3)ccc2O)CC1. The van der Waals surface area contributed by atoms with E-state index in [0.717, 1.165) is 94.2 Å².